The second-order valence-corrected chi connectivity index (χ2v) is 5.03. The minimum absolute atomic E-state index is 0.0398. The molecule has 1 aromatic rings. The zero-order valence-corrected chi connectivity index (χ0v) is 11.4. The molecular weight excluding hydrogens is 246 g/mol. The number of aromatic nitrogens is 2. The molecule has 0 amide bonds. The van der Waals surface area contributed by atoms with Crippen molar-refractivity contribution in [1.29, 1.82) is 0 Å². The van der Waals surface area contributed by atoms with Crippen molar-refractivity contribution in [1.82, 2.24) is 9.97 Å². The average molecular weight is 265 g/mol. The van der Waals surface area contributed by atoms with Gasteiger partial charge in [-0.15, -0.1) is 0 Å². The molecule has 1 fully saturated rings. The fourth-order valence-electron chi connectivity index (χ4n) is 2.11. The number of hydrogen-bond donors (Lipinski definition) is 2. The van der Waals surface area contributed by atoms with Crippen LogP contribution in [-0.2, 0) is 0 Å². The minimum Gasteiger partial charge on any atom is -0.364 e. The number of nitrogens with one attached hydrogen (secondary N) is 2. The second-order valence-electron chi connectivity index (χ2n) is 5.03. The summed E-state index contributed by atoms with van der Waals surface area (Å²) in [6.07, 6.45) is 2.52. The molecule has 0 saturated heterocycles. The smallest absolute Gasteiger partial charge is 0.332 e. The Morgan fingerprint density at radius 3 is 2.68 bits per heavy atom. The van der Waals surface area contributed by atoms with Gasteiger partial charge in [0.15, 0.2) is 0 Å². The highest BCUT2D eigenvalue weighted by atomic mass is 16.6. The molecule has 1 aliphatic rings. The van der Waals surface area contributed by atoms with Gasteiger partial charge >= 0.3 is 5.69 Å². The van der Waals surface area contributed by atoms with E-state index >= 15 is 0 Å². The molecule has 1 heterocycles. The molecule has 7 nitrogen and oxygen atoms in total. The standard InChI is InChI=1S/C12H19N5O2/c1-7(9-4-5-9)6-14-11-10(17(18)19)8(2)15-12(13-3)16-11/h7,9H,4-6H2,1-3H3,(H2,13,14,15,16). The lowest BCUT2D eigenvalue weighted by molar-refractivity contribution is -0.385. The van der Waals surface area contributed by atoms with E-state index in [0.717, 1.165) is 5.92 Å². The predicted octanol–water partition coefficient (Wildman–Crippen LogP) is 2.19. The first-order valence-electron chi connectivity index (χ1n) is 6.47. The van der Waals surface area contributed by atoms with Crippen molar-refractivity contribution in [3.8, 4) is 0 Å². The Morgan fingerprint density at radius 1 is 1.47 bits per heavy atom. The lowest BCUT2D eigenvalue weighted by Crippen LogP contribution is -2.16. The SMILES string of the molecule is CNc1nc(C)c([N+](=O)[O-])c(NCC(C)C2CC2)n1. The van der Waals surface area contributed by atoms with Gasteiger partial charge in [-0.05, 0) is 31.6 Å². The third-order valence-corrected chi connectivity index (χ3v) is 3.48. The third kappa shape index (κ3) is 3.10. The molecule has 2 rings (SSSR count). The van der Waals surface area contributed by atoms with Crippen LogP contribution in [0.1, 0.15) is 25.5 Å². The van der Waals surface area contributed by atoms with E-state index in [9.17, 15) is 10.1 Å². The predicted molar refractivity (Wildman–Crippen MR) is 73.3 cm³/mol. The molecule has 0 radical (unpaired) electrons. The molecule has 1 aromatic heterocycles. The summed E-state index contributed by atoms with van der Waals surface area (Å²) in [6.45, 7) is 4.48. The van der Waals surface area contributed by atoms with Crippen LogP contribution in [0.2, 0.25) is 0 Å². The van der Waals surface area contributed by atoms with E-state index in [-0.39, 0.29) is 5.69 Å². The van der Waals surface area contributed by atoms with Crippen molar-refractivity contribution in [3.63, 3.8) is 0 Å². The average Bonchev–Trinajstić information content (AvgIpc) is 3.18. The summed E-state index contributed by atoms with van der Waals surface area (Å²) in [5.74, 6) is 1.95. The Labute approximate surface area is 112 Å². The molecule has 2 N–H and O–H groups in total. The Kier molecular flexibility index (Phi) is 3.82. The number of rotatable bonds is 6. The molecule has 1 unspecified atom stereocenters. The van der Waals surface area contributed by atoms with Crippen molar-refractivity contribution >= 4 is 17.5 Å². The van der Waals surface area contributed by atoms with E-state index in [1.807, 2.05) is 0 Å². The van der Waals surface area contributed by atoms with Gasteiger partial charge in [0.25, 0.3) is 0 Å². The van der Waals surface area contributed by atoms with Gasteiger partial charge in [0.05, 0.1) is 4.92 Å². The second kappa shape index (κ2) is 5.38. The van der Waals surface area contributed by atoms with Crippen LogP contribution < -0.4 is 10.6 Å². The van der Waals surface area contributed by atoms with Crippen LogP contribution in [0.5, 0.6) is 0 Å². The minimum atomic E-state index is -0.432. The first-order valence-corrected chi connectivity index (χ1v) is 6.47. The quantitative estimate of drug-likeness (QED) is 0.605. The first-order chi connectivity index (χ1) is 9.02. The van der Waals surface area contributed by atoms with Crippen LogP contribution in [0, 0.1) is 28.9 Å². The molecule has 0 aliphatic heterocycles. The highest BCUT2D eigenvalue weighted by Crippen LogP contribution is 2.37. The summed E-state index contributed by atoms with van der Waals surface area (Å²) in [7, 11) is 1.69. The molecule has 104 valence electrons. The highest BCUT2D eigenvalue weighted by molar-refractivity contribution is 5.60. The van der Waals surface area contributed by atoms with Gasteiger partial charge in [0.1, 0.15) is 5.69 Å². The monoisotopic (exact) mass is 265 g/mol. The van der Waals surface area contributed by atoms with Gasteiger partial charge in [0.2, 0.25) is 11.8 Å². The van der Waals surface area contributed by atoms with E-state index in [2.05, 4.69) is 27.5 Å². The van der Waals surface area contributed by atoms with Crippen molar-refractivity contribution < 1.29 is 4.92 Å². The number of nitrogens with zero attached hydrogens (tertiary/aromatic N) is 3. The van der Waals surface area contributed by atoms with E-state index in [1.165, 1.54) is 12.8 Å². The Morgan fingerprint density at radius 2 is 2.16 bits per heavy atom. The summed E-state index contributed by atoms with van der Waals surface area (Å²) in [6, 6.07) is 0. The van der Waals surface area contributed by atoms with Gasteiger partial charge in [-0.1, -0.05) is 6.92 Å². The fraction of sp³-hybridized carbons (Fsp3) is 0.667. The molecule has 0 spiro atoms. The van der Waals surface area contributed by atoms with Crippen molar-refractivity contribution in [2.24, 2.45) is 11.8 Å². The number of anilines is 2. The van der Waals surface area contributed by atoms with Crippen molar-refractivity contribution in [2.75, 3.05) is 24.2 Å². The molecule has 1 aliphatic carbocycles. The normalized spacial score (nSPS) is 15.9. The van der Waals surface area contributed by atoms with Gasteiger partial charge in [0, 0.05) is 13.6 Å². The van der Waals surface area contributed by atoms with Crippen LogP contribution in [-0.4, -0.2) is 28.5 Å². The molecule has 1 saturated carbocycles. The molecular formula is C12H19N5O2. The topological polar surface area (TPSA) is 93.0 Å². The van der Waals surface area contributed by atoms with Crippen LogP contribution in [0.3, 0.4) is 0 Å². The van der Waals surface area contributed by atoms with E-state index in [0.29, 0.717) is 29.9 Å². The fourth-order valence-corrected chi connectivity index (χ4v) is 2.11. The molecule has 7 heteroatoms. The Hall–Kier alpha value is -1.92. The Balaban J connectivity index is 2.19. The van der Waals surface area contributed by atoms with Crippen molar-refractivity contribution in [3.05, 3.63) is 15.8 Å². The van der Waals surface area contributed by atoms with E-state index < -0.39 is 4.92 Å². The lowest BCUT2D eigenvalue weighted by atomic mass is 10.1. The third-order valence-electron chi connectivity index (χ3n) is 3.48. The maximum atomic E-state index is 11.1. The molecule has 1 atom stereocenters. The van der Waals surface area contributed by atoms with Crippen LogP contribution >= 0.6 is 0 Å². The van der Waals surface area contributed by atoms with Gasteiger partial charge < -0.3 is 10.6 Å². The molecule has 19 heavy (non-hydrogen) atoms. The molecule has 0 bridgehead atoms. The van der Waals surface area contributed by atoms with Gasteiger partial charge in [-0.3, -0.25) is 10.1 Å². The number of aryl methyl sites for hydroxylation is 1. The zero-order chi connectivity index (χ0) is 14.0. The van der Waals surface area contributed by atoms with Crippen LogP contribution in [0.15, 0.2) is 0 Å². The summed E-state index contributed by atoms with van der Waals surface area (Å²) in [5, 5.41) is 17.0. The van der Waals surface area contributed by atoms with Gasteiger partial charge in [-0.25, -0.2) is 4.98 Å². The van der Waals surface area contributed by atoms with Crippen LogP contribution in [0.4, 0.5) is 17.5 Å². The zero-order valence-electron chi connectivity index (χ0n) is 11.4. The largest absolute Gasteiger partial charge is 0.364 e. The maximum absolute atomic E-state index is 11.1. The summed E-state index contributed by atoms with van der Waals surface area (Å²) in [4.78, 5) is 18.9. The first kappa shape index (κ1) is 13.5. The highest BCUT2D eigenvalue weighted by Gasteiger charge is 2.29. The maximum Gasteiger partial charge on any atom is 0.332 e. The summed E-state index contributed by atoms with van der Waals surface area (Å²) >= 11 is 0. The number of hydrogen-bond acceptors (Lipinski definition) is 6. The molecule has 0 aromatic carbocycles. The summed E-state index contributed by atoms with van der Waals surface area (Å²) in [5.41, 5.74) is 0.327. The Bertz CT molecular complexity index is 487. The lowest BCUT2D eigenvalue weighted by Gasteiger charge is -2.13. The van der Waals surface area contributed by atoms with E-state index in [4.69, 9.17) is 0 Å². The number of nitro groups is 1. The summed E-state index contributed by atoms with van der Waals surface area (Å²) < 4.78 is 0. The van der Waals surface area contributed by atoms with Gasteiger partial charge in [-0.2, -0.15) is 4.98 Å². The van der Waals surface area contributed by atoms with Crippen LogP contribution in [0.25, 0.3) is 0 Å². The van der Waals surface area contributed by atoms with E-state index in [1.54, 1.807) is 14.0 Å². The van der Waals surface area contributed by atoms with Crippen molar-refractivity contribution in [2.45, 2.75) is 26.7 Å².